The molecule has 1 amide bonds. The molecule has 2 aromatic rings. The summed E-state index contributed by atoms with van der Waals surface area (Å²) in [5.41, 5.74) is 0.956. The zero-order valence-electron chi connectivity index (χ0n) is 10.1. The maximum absolute atomic E-state index is 12.0. The van der Waals surface area contributed by atoms with Crippen molar-refractivity contribution >= 4 is 27.7 Å². The second kappa shape index (κ2) is 5.34. The van der Waals surface area contributed by atoms with Gasteiger partial charge in [-0.25, -0.2) is 0 Å². The molecule has 18 heavy (non-hydrogen) atoms. The molecule has 0 aliphatic heterocycles. The van der Waals surface area contributed by atoms with Gasteiger partial charge in [0, 0.05) is 12.4 Å². The van der Waals surface area contributed by atoms with Crippen molar-refractivity contribution in [3.8, 4) is 0 Å². The molecule has 0 bridgehead atoms. The summed E-state index contributed by atoms with van der Waals surface area (Å²) in [5.74, 6) is 0.351. The van der Waals surface area contributed by atoms with Crippen LogP contribution in [0, 0.1) is 0 Å². The molecule has 0 aromatic carbocycles. The van der Waals surface area contributed by atoms with Gasteiger partial charge >= 0.3 is 0 Å². The summed E-state index contributed by atoms with van der Waals surface area (Å²) in [6.45, 7) is 3.79. The molecule has 6 nitrogen and oxygen atoms in total. The van der Waals surface area contributed by atoms with E-state index in [4.69, 9.17) is 0 Å². The van der Waals surface area contributed by atoms with Crippen molar-refractivity contribution in [2.75, 3.05) is 5.32 Å². The summed E-state index contributed by atoms with van der Waals surface area (Å²) in [6.07, 6.45) is 4.21. The number of aromatic nitrogens is 4. The maximum Gasteiger partial charge on any atom is 0.250 e. The van der Waals surface area contributed by atoms with Crippen molar-refractivity contribution in [1.29, 1.82) is 0 Å². The molecule has 0 saturated carbocycles. The predicted octanol–water partition coefficient (Wildman–Crippen LogP) is 2.13. The van der Waals surface area contributed by atoms with Crippen LogP contribution in [0.25, 0.3) is 0 Å². The summed E-state index contributed by atoms with van der Waals surface area (Å²) in [6, 6.07) is 1.40. The smallest absolute Gasteiger partial charge is 0.250 e. The van der Waals surface area contributed by atoms with Gasteiger partial charge < -0.3 is 5.32 Å². The number of amides is 1. The number of nitrogens with zero attached hydrogens (tertiary/aromatic N) is 3. The van der Waals surface area contributed by atoms with Gasteiger partial charge in [0.15, 0.2) is 5.82 Å². The molecular weight excluding hydrogens is 298 g/mol. The van der Waals surface area contributed by atoms with Crippen LogP contribution < -0.4 is 5.32 Å². The first kappa shape index (κ1) is 12.8. The van der Waals surface area contributed by atoms with E-state index in [-0.39, 0.29) is 11.9 Å². The van der Waals surface area contributed by atoms with Crippen LogP contribution in [0.3, 0.4) is 0 Å². The molecule has 0 spiro atoms. The number of hydrogen-bond donors (Lipinski definition) is 2. The lowest BCUT2D eigenvalue weighted by molar-refractivity contribution is -0.119. The van der Waals surface area contributed by atoms with Gasteiger partial charge in [0.05, 0.1) is 10.2 Å². The average molecular weight is 312 g/mol. The minimum absolute atomic E-state index is 0.159. The van der Waals surface area contributed by atoms with Crippen molar-refractivity contribution in [3.63, 3.8) is 0 Å². The number of H-pyrrole nitrogens is 1. The van der Waals surface area contributed by atoms with E-state index in [0.29, 0.717) is 5.82 Å². The monoisotopic (exact) mass is 311 g/mol. The Bertz CT molecular complexity index is 534. The fourth-order valence-electron chi connectivity index (χ4n) is 1.53. The van der Waals surface area contributed by atoms with Gasteiger partial charge in [-0.05, 0) is 35.3 Å². The first-order valence-electron chi connectivity index (χ1n) is 5.66. The Labute approximate surface area is 113 Å². The van der Waals surface area contributed by atoms with Crippen LogP contribution in [-0.4, -0.2) is 25.9 Å². The van der Waals surface area contributed by atoms with Crippen molar-refractivity contribution < 1.29 is 4.79 Å². The fourth-order valence-corrected chi connectivity index (χ4v) is 2.09. The van der Waals surface area contributed by atoms with Gasteiger partial charge in [0.25, 0.3) is 0 Å². The maximum atomic E-state index is 12.0. The number of nitrogens with one attached hydrogen (secondary N) is 2. The van der Waals surface area contributed by atoms with Crippen LogP contribution in [0.15, 0.2) is 22.9 Å². The number of aryl methyl sites for hydroxylation is 1. The number of aromatic amines is 1. The van der Waals surface area contributed by atoms with Gasteiger partial charge in [-0.2, -0.15) is 10.2 Å². The molecule has 2 rings (SSSR count). The van der Waals surface area contributed by atoms with E-state index >= 15 is 0 Å². The lowest BCUT2D eigenvalue weighted by atomic mass is 10.3. The van der Waals surface area contributed by atoms with Gasteiger partial charge in [-0.3, -0.25) is 14.6 Å². The van der Waals surface area contributed by atoms with E-state index in [1.807, 2.05) is 6.92 Å². The Kier molecular flexibility index (Phi) is 3.81. The summed E-state index contributed by atoms with van der Waals surface area (Å²) in [5, 5.41) is 13.7. The average Bonchev–Trinajstić information content (AvgIpc) is 2.99. The van der Waals surface area contributed by atoms with Crippen molar-refractivity contribution in [1.82, 2.24) is 20.0 Å². The Balaban J connectivity index is 2.09. The number of hydrogen-bond acceptors (Lipinski definition) is 3. The molecular formula is C11H14BrN5O. The molecule has 0 aliphatic rings. The molecule has 96 valence electrons. The lowest BCUT2D eigenvalue weighted by Gasteiger charge is -2.11. The van der Waals surface area contributed by atoms with Gasteiger partial charge in [-0.1, -0.05) is 6.92 Å². The Morgan fingerprint density at radius 3 is 3.00 bits per heavy atom. The Morgan fingerprint density at radius 1 is 1.67 bits per heavy atom. The molecule has 2 aromatic heterocycles. The zero-order valence-corrected chi connectivity index (χ0v) is 11.7. The van der Waals surface area contributed by atoms with E-state index in [9.17, 15) is 4.79 Å². The number of rotatable bonds is 4. The van der Waals surface area contributed by atoms with Crippen molar-refractivity contribution in [2.24, 2.45) is 0 Å². The largest absolute Gasteiger partial charge is 0.306 e. The van der Waals surface area contributed by atoms with Crippen LogP contribution in [0.2, 0.25) is 0 Å². The number of anilines is 1. The van der Waals surface area contributed by atoms with E-state index in [2.05, 4.69) is 36.5 Å². The number of carbonyl (C=O) groups is 1. The highest BCUT2D eigenvalue weighted by Crippen LogP contribution is 2.24. The number of carbonyl (C=O) groups excluding carboxylic acids is 1. The van der Waals surface area contributed by atoms with E-state index in [1.54, 1.807) is 30.1 Å². The predicted molar refractivity (Wildman–Crippen MR) is 71.2 cm³/mol. The highest BCUT2D eigenvalue weighted by atomic mass is 79.9. The van der Waals surface area contributed by atoms with E-state index in [0.717, 1.165) is 16.6 Å². The van der Waals surface area contributed by atoms with Crippen LogP contribution in [0.1, 0.15) is 25.6 Å². The second-order valence-electron chi connectivity index (χ2n) is 3.87. The quantitative estimate of drug-likeness (QED) is 0.908. The number of halogens is 1. The highest BCUT2D eigenvalue weighted by molar-refractivity contribution is 9.10. The minimum Gasteiger partial charge on any atom is -0.306 e. The second-order valence-corrected chi connectivity index (χ2v) is 4.66. The molecule has 2 N–H and O–H groups in total. The minimum atomic E-state index is -0.381. The third-order valence-corrected chi connectivity index (χ3v) is 3.53. The van der Waals surface area contributed by atoms with Gasteiger partial charge in [0.1, 0.15) is 6.04 Å². The van der Waals surface area contributed by atoms with Crippen LogP contribution >= 0.6 is 15.9 Å². The standard InChI is InChI=1S/C11H14BrN5O/c1-3-8-9(12)10(16-15-8)14-11(18)7(2)17-6-4-5-13-17/h4-7H,3H2,1-2H3,(H2,14,15,16,18). The van der Waals surface area contributed by atoms with Gasteiger partial charge in [0.2, 0.25) is 5.91 Å². The van der Waals surface area contributed by atoms with Crippen LogP contribution in [0.4, 0.5) is 5.82 Å². The first-order chi connectivity index (χ1) is 8.63. The normalized spacial score (nSPS) is 12.4. The molecule has 0 radical (unpaired) electrons. The fraction of sp³-hybridized carbons (Fsp3) is 0.364. The molecule has 1 unspecified atom stereocenters. The molecule has 1 atom stereocenters. The molecule has 7 heteroatoms. The molecule has 0 fully saturated rings. The van der Waals surface area contributed by atoms with Gasteiger partial charge in [-0.15, -0.1) is 0 Å². The summed E-state index contributed by atoms with van der Waals surface area (Å²) in [4.78, 5) is 12.0. The third-order valence-electron chi connectivity index (χ3n) is 2.67. The summed E-state index contributed by atoms with van der Waals surface area (Å²) >= 11 is 3.41. The molecule has 2 heterocycles. The van der Waals surface area contributed by atoms with Crippen LogP contribution in [-0.2, 0) is 11.2 Å². The first-order valence-corrected chi connectivity index (χ1v) is 6.45. The SMILES string of the molecule is CCc1[nH]nc(NC(=O)C(C)n2cccn2)c1Br. The van der Waals surface area contributed by atoms with E-state index < -0.39 is 0 Å². The van der Waals surface area contributed by atoms with E-state index in [1.165, 1.54) is 0 Å². The Hall–Kier alpha value is -1.63. The van der Waals surface area contributed by atoms with Crippen molar-refractivity contribution in [2.45, 2.75) is 26.3 Å². The highest BCUT2D eigenvalue weighted by Gasteiger charge is 2.18. The Morgan fingerprint density at radius 2 is 2.44 bits per heavy atom. The van der Waals surface area contributed by atoms with Crippen molar-refractivity contribution in [3.05, 3.63) is 28.6 Å². The lowest BCUT2D eigenvalue weighted by Crippen LogP contribution is -2.24. The molecule has 0 saturated heterocycles. The molecule has 0 aliphatic carbocycles. The summed E-state index contributed by atoms with van der Waals surface area (Å²) in [7, 11) is 0. The third kappa shape index (κ3) is 2.45. The van der Waals surface area contributed by atoms with Crippen LogP contribution in [0.5, 0.6) is 0 Å². The summed E-state index contributed by atoms with van der Waals surface area (Å²) < 4.78 is 2.39. The zero-order chi connectivity index (χ0) is 13.1. The topological polar surface area (TPSA) is 75.6 Å².